The van der Waals surface area contributed by atoms with Gasteiger partial charge in [-0.25, -0.2) is 0 Å². The Kier molecular flexibility index (Phi) is 6.02. The molecule has 0 aromatic rings. The Morgan fingerprint density at radius 2 is 2.29 bits per heavy atom. The van der Waals surface area contributed by atoms with Crippen molar-refractivity contribution in [1.29, 1.82) is 0 Å². The van der Waals surface area contributed by atoms with Crippen LogP contribution in [0.2, 0.25) is 0 Å². The Hall–Kier alpha value is 1.08. The van der Waals surface area contributed by atoms with E-state index in [4.69, 9.17) is 0 Å². The summed E-state index contributed by atoms with van der Waals surface area (Å²) in [6, 6.07) is 0. The molecule has 0 amide bonds. The minimum atomic E-state index is 0.715. The molecule has 0 bridgehead atoms. The maximum absolute atomic E-state index is 3.48. The molecule has 0 radical (unpaired) electrons. The molecule has 38 valence electrons. The summed E-state index contributed by atoms with van der Waals surface area (Å²) < 4.78 is 0.715. The van der Waals surface area contributed by atoms with Gasteiger partial charge in [-0.1, -0.05) is 0 Å². The Bertz CT molecular complexity index is 37.1. The third kappa shape index (κ3) is 7.08. The van der Waals surface area contributed by atoms with Crippen LogP contribution in [-0.2, 0) is 0 Å². The van der Waals surface area contributed by atoms with Gasteiger partial charge in [-0.2, -0.15) is 0 Å². The van der Waals surface area contributed by atoms with Crippen molar-refractivity contribution in [1.82, 2.24) is 0 Å². The fraction of sp³-hybridized carbons (Fsp3) is 1.00. The number of halogens is 1. The molecule has 0 saturated heterocycles. The first-order chi connectivity index (χ1) is 3.27. The average Bonchev–Trinajstić information content (AvgIpc) is 1.61. The van der Waals surface area contributed by atoms with Crippen LogP contribution < -0.4 is 0 Å². The predicted octanol–water partition coefficient (Wildman–Crippen LogP) is 2.07. The summed E-state index contributed by atoms with van der Waals surface area (Å²) >= 11 is 5.67. The zero-order valence-corrected chi connectivity index (χ0v) is 6.66. The molecule has 1 atom stereocenters. The van der Waals surface area contributed by atoms with E-state index in [1.54, 1.807) is 0 Å². The van der Waals surface area contributed by atoms with Crippen molar-refractivity contribution in [3.05, 3.63) is 0 Å². The summed E-state index contributed by atoms with van der Waals surface area (Å²) in [5.41, 5.74) is 0. The van der Waals surface area contributed by atoms with Gasteiger partial charge >= 0.3 is 63.3 Å². The van der Waals surface area contributed by atoms with Crippen LogP contribution in [0.25, 0.3) is 0 Å². The third-order valence-electron chi connectivity index (χ3n) is 0.955. The average molecular weight is 157 g/mol. The summed E-state index contributed by atoms with van der Waals surface area (Å²) in [6.07, 6.45) is 3.98. The molecule has 0 spiro atoms. The van der Waals surface area contributed by atoms with Crippen LogP contribution in [-0.4, -0.2) is 21.2 Å². The standard InChI is InChI=1S/C5H10Br.Li/c1-2-3-4-5-6;/h5H,2-4H2,1H3;. The van der Waals surface area contributed by atoms with Gasteiger partial charge in [0.1, 0.15) is 0 Å². The van der Waals surface area contributed by atoms with E-state index >= 15 is 0 Å². The van der Waals surface area contributed by atoms with Crippen LogP contribution in [0.3, 0.4) is 0 Å². The summed E-state index contributed by atoms with van der Waals surface area (Å²) in [4.78, 5) is 0. The van der Waals surface area contributed by atoms with Crippen LogP contribution in [0, 0.1) is 0 Å². The van der Waals surface area contributed by atoms with Gasteiger partial charge in [0, 0.05) is 0 Å². The van der Waals surface area contributed by atoms with Crippen LogP contribution in [0.5, 0.6) is 0 Å². The van der Waals surface area contributed by atoms with E-state index in [0.29, 0.717) is 3.50 Å². The molecule has 0 fully saturated rings. The Balaban J connectivity index is 2.68. The van der Waals surface area contributed by atoms with E-state index in [2.05, 4.69) is 40.6 Å². The zero-order chi connectivity index (χ0) is 5.70. The molecule has 0 nitrogen and oxygen atoms in total. The second-order valence-corrected chi connectivity index (χ2v) is 3.49. The number of hydrogen-bond acceptors (Lipinski definition) is 0. The molecular formula is C5H10BrLi. The Morgan fingerprint density at radius 3 is 2.43 bits per heavy atom. The number of rotatable bonds is 3. The number of unbranched alkanes of at least 4 members (excludes halogenated alkanes) is 1. The van der Waals surface area contributed by atoms with Gasteiger partial charge in [-0.3, -0.25) is 0 Å². The maximum atomic E-state index is 3.48. The summed E-state index contributed by atoms with van der Waals surface area (Å²) in [5, 5.41) is 0. The van der Waals surface area contributed by atoms with Gasteiger partial charge in [0.15, 0.2) is 0 Å². The SMILES string of the molecule is [Li][CH](Br)CCCC. The van der Waals surface area contributed by atoms with Crippen molar-refractivity contribution in [3.63, 3.8) is 0 Å². The first-order valence-corrected chi connectivity index (χ1v) is 3.83. The topological polar surface area (TPSA) is 0 Å². The van der Waals surface area contributed by atoms with Crippen molar-refractivity contribution >= 4 is 33.6 Å². The molecule has 0 N–H and O–H groups in total. The first-order valence-electron chi connectivity index (χ1n) is 2.91. The molecule has 2 heteroatoms. The number of hydrogen-bond donors (Lipinski definition) is 0. The van der Waals surface area contributed by atoms with E-state index in [1.807, 2.05) is 0 Å². The van der Waals surface area contributed by atoms with Crippen molar-refractivity contribution in [2.75, 3.05) is 0 Å². The van der Waals surface area contributed by atoms with Crippen LogP contribution in [0.4, 0.5) is 0 Å². The molecule has 1 unspecified atom stereocenters. The van der Waals surface area contributed by atoms with E-state index < -0.39 is 0 Å². The minimum absolute atomic E-state index is 0.715. The first kappa shape index (κ1) is 8.08. The van der Waals surface area contributed by atoms with E-state index in [9.17, 15) is 0 Å². The van der Waals surface area contributed by atoms with Crippen LogP contribution in [0.15, 0.2) is 0 Å². The zero-order valence-electron chi connectivity index (χ0n) is 5.08. The Labute approximate surface area is 63.4 Å². The van der Waals surface area contributed by atoms with E-state index in [1.165, 1.54) is 19.3 Å². The predicted molar refractivity (Wildman–Crippen MR) is 38.0 cm³/mol. The molecule has 0 rings (SSSR count). The van der Waals surface area contributed by atoms with Crippen molar-refractivity contribution < 1.29 is 0 Å². The molecule has 0 aliphatic rings. The van der Waals surface area contributed by atoms with Gasteiger partial charge < -0.3 is 0 Å². The fourth-order valence-electron chi connectivity index (χ4n) is 0.485. The van der Waals surface area contributed by atoms with E-state index in [-0.39, 0.29) is 0 Å². The normalized spacial score (nSPS) is 14.3. The van der Waals surface area contributed by atoms with E-state index in [0.717, 1.165) is 0 Å². The van der Waals surface area contributed by atoms with Crippen LogP contribution >= 0.6 is 15.9 Å². The van der Waals surface area contributed by atoms with Gasteiger partial charge in [-0.05, 0) is 0 Å². The second-order valence-electron chi connectivity index (χ2n) is 1.92. The van der Waals surface area contributed by atoms with Gasteiger partial charge in [-0.15, -0.1) is 0 Å². The van der Waals surface area contributed by atoms with Gasteiger partial charge in [0.05, 0.1) is 0 Å². The molecule has 0 aliphatic carbocycles. The Morgan fingerprint density at radius 1 is 1.71 bits per heavy atom. The molecular weight excluding hydrogens is 147 g/mol. The monoisotopic (exact) mass is 156 g/mol. The molecule has 0 aromatic carbocycles. The van der Waals surface area contributed by atoms with Crippen LogP contribution in [0.1, 0.15) is 26.2 Å². The van der Waals surface area contributed by atoms with Crippen molar-refractivity contribution in [2.45, 2.75) is 29.7 Å². The second kappa shape index (κ2) is 5.22. The van der Waals surface area contributed by atoms with Crippen molar-refractivity contribution in [2.24, 2.45) is 0 Å². The molecule has 0 aromatic heterocycles. The molecule has 7 heavy (non-hydrogen) atoms. The number of alkyl halides is 1. The molecule has 0 heterocycles. The molecule has 0 aliphatic heterocycles. The summed E-state index contributed by atoms with van der Waals surface area (Å²) in [5.74, 6) is 0. The summed E-state index contributed by atoms with van der Waals surface area (Å²) in [6.45, 7) is 2.22. The van der Waals surface area contributed by atoms with Gasteiger partial charge in [0.25, 0.3) is 0 Å². The summed E-state index contributed by atoms with van der Waals surface area (Å²) in [7, 11) is 0. The van der Waals surface area contributed by atoms with Crippen molar-refractivity contribution in [3.8, 4) is 0 Å². The quantitative estimate of drug-likeness (QED) is 0.434. The third-order valence-corrected chi connectivity index (χ3v) is 1.41. The van der Waals surface area contributed by atoms with Gasteiger partial charge in [0.2, 0.25) is 0 Å². The molecule has 0 saturated carbocycles. The fourth-order valence-corrected chi connectivity index (χ4v) is 0.809.